The number of rotatable bonds is 5. The SMILES string of the molecule is O=C(NCc1ccccc1Cn1cccn1)[C@@H]1COc2ccccc2O1. The molecule has 132 valence electrons. The van der Waals surface area contributed by atoms with E-state index in [1.807, 2.05) is 59.4 Å². The zero-order valence-corrected chi connectivity index (χ0v) is 14.2. The number of hydrogen-bond acceptors (Lipinski definition) is 4. The summed E-state index contributed by atoms with van der Waals surface area (Å²) in [4.78, 5) is 12.5. The summed E-state index contributed by atoms with van der Waals surface area (Å²) in [6.45, 7) is 1.30. The van der Waals surface area contributed by atoms with Crippen LogP contribution >= 0.6 is 0 Å². The number of benzene rings is 2. The molecular formula is C20H19N3O3. The summed E-state index contributed by atoms with van der Waals surface area (Å²) in [6, 6.07) is 17.2. The van der Waals surface area contributed by atoms with E-state index in [0.717, 1.165) is 11.1 Å². The first-order valence-corrected chi connectivity index (χ1v) is 8.50. The molecule has 6 nitrogen and oxygen atoms in total. The van der Waals surface area contributed by atoms with E-state index >= 15 is 0 Å². The Balaban J connectivity index is 1.39. The normalized spacial score (nSPS) is 15.5. The van der Waals surface area contributed by atoms with Gasteiger partial charge in [0.25, 0.3) is 5.91 Å². The van der Waals surface area contributed by atoms with Gasteiger partial charge in [-0.2, -0.15) is 5.10 Å². The van der Waals surface area contributed by atoms with Crippen LogP contribution in [-0.2, 0) is 17.9 Å². The molecule has 0 fully saturated rings. The Bertz CT molecular complexity index is 893. The summed E-state index contributed by atoms with van der Waals surface area (Å²) in [5.74, 6) is 1.08. The predicted molar refractivity (Wildman–Crippen MR) is 96.0 cm³/mol. The maximum absolute atomic E-state index is 12.5. The Kier molecular flexibility index (Phi) is 4.55. The average molecular weight is 349 g/mol. The fourth-order valence-corrected chi connectivity index (χ4v) is 2.90. The second kappa shape index (κ2) is 7.31. The third-order valence-corrected chi connectivity index (χ3v) is 4.26. The van der Waals surface area contributed by atoms with Gasteiger partial charge < -0.3 is 14.8 Å². The zero-order chi connectivity index (χ0) is 17.8. The molecule has 1 aliphatic rings. The van der Waals surface area contributed by atoms with Crippen molar-refractivity contribution in [2.45, 2.75) is 19.2 Å². The second-order valence-electron chi connectivity index (χ2n) is 6.05. The lowest BCUT2D eigenvalue weighted by molar-refractivity contribution is -0.130. The largest absolute Gasteiger partial charge is 0.485 e. The average Bonchev–Trinajstić information content (AvgIpc) is 3.20. The van der Waals surface area contributed by atoms with Crippen LogP contribution in [0, 0.1) is 0 Å². The van der Waals surface area contributed by atoms with Gasteiger partial charge in [0.05, 0.1) is 6.54 Å². The van der Waals surface area contributed by atoms with E-state index in [1.54, 1.807) is 12.3 Å². The summed E-state index contributed by atoms with van der Waals surface area (Å²) in [6.07, 6.45) is 3.02. The van der Waals surface area contributed by atoms with Gasteiger partial charge in [0.1, 0.15) is 6.61 Å². The summed E-state index contributed by atoms with van der Waals surface area (Å²) in [5.41, 5.74) is 2.16. The topological polar surface area (TPSA) is 65.4 Å². The van der Waals surface area contributed by atoms with Crippen molar-refractivity contribution in [3.05, 3.63) is 78.1 Å². The summed E-state index contributed by atoms with van der Waals surface area (Å²) >= 11 is 0. The van der Waals surface area contributed by atoms with E-state index in [1.165, 1.54) is 0 Å². The van der Waals surface area contributed by atoms with Gasteiger partial charge >= 0.3 is 0 Å². The van der Waals surface area contributed by atoms with Crippen molar-refractivity contribution in [1.29, 1.82) is 0 Å². The molecule has 0 saturated carbocycles. The Hall–Kier alpha value is -3.28. The highest BCUT2D eigenvalue weighted by Crippen LogP contribution is 2.30. The van der Waals surface area contributed by atoms with Gasteiger partial charge in [-0.3, -0.25) is 9.48 Å². The minimum Gasteiger partial charge on any atom is -0.485 e. The van der Waals surface area contributed by atoms with Crippen molar-refractivity contribution in [3.8, 4) is 11.5 Å². The number of hydrogen-bond donors (Lipinski definition) is 1. The van der Waals surface area contributed by atoms with Gasteiger partial charge in [-0.1, -0.05) is 36.4 Å². The van der Waals surface area contributed by atoms with Crippen molar-refractivity contribution < 1.29 is 14.3 Å². The quantitative estimate of drug-likeness (QED) is 0.768. The van der Waals surface area contributed by atoms with Crippen molar-refractivity contribution >= 4 is 5.91 Å². The van der Waals surface area contributed by atoms with E-state index < -0.39 is 6.10 Å². The molecule has 1 aliphatic heterocycles. The minimum absolute atomic E-state index is 0.187. The van der Waals surface area contributed by atoms with Crippen LogP contribution < -0.4 is 14.8 Å². The molecule has 0 bridgehead atoms. The van der Waals surface area contributed by atoms with Crippen molar-refractivity contribution in [3.63, 3.8) is 0 Å². The van der Waals surface area contributed by atoms with Crippen LogP contribution in [0.5, 0.6) is 11.5 Å². The predicted octanol–water partition coefficient (Wildman–Crippen LogP) is 2.39. The van der Waals surface area contributed by atoms with E-state index in [9.17, 15) is 4.79 Å². The molecule has 1 N–H and O–H groups in total. The number of aromatic nitrogens is 2. The molecule has 0 spiro atoms. The molecule has 0 radical (unpaired) electrons. The molecule has 1 atom stereocenters. The zero-order valence-electron chi connectivity index (χ0n) is 14.2. The van der Waals surface area contributed by atoms with Gasteiger partial charge in [0, 0.05) is 18.9 Å². The Morgan fingerprint density at radius 1 is 1.08 bits per heavy atom. The number of para-hydroxylation sites is 2. The van der Waals surface area contributed by atoms with Crippen molar-refractivity contribution in [2.24, 2.45) is 0 Å². The molecule has 1 amide bonds. The number of carbonyl (C=O) groups excluding carboxylic acids is 1. The first-order valence-electron chi connectivity index (χ1n) is 8.50. The molecule has 4 rings (SSSR count). The van der Waals surface area contributed by atoms with Crippen LogP contribution in [0.4, 0.5) is 0 Å². The first kappa shape index (κ1) is 16.2. The van der Waals surface area contributed by atoms with Crippen molar-refractivity contribution in [2.75, 3.05) is 6.61 Å². The van der Waals surface area contributed by atoms with Crippen LogP contribution in [0.2, 0.25) is 0 Å². The third-order valence-electron chi connectivity index (χ3n) is 4.26. The lowest BCUT2D eigenvalue weighted by Gasteiger charge is -2.25. The van der Waals surface area contributed by atoms with Crippen LogP contribution in [0.1, 0.15) is 11.1 Å². The summed E-state index contributed by atoms with van der Waals surface area (Å²) < 4.78 is 13.2. The van der Waals surface area contributed by atoms with Gasteiger partial charge in [0.2, 0.25) is 6.10 Å². The number of carbonyl (C=O) groups is 1. The molecular weight excluding hydrogens is 330 g/mol. The number of amides is 1. The van der Waals surface area contributed by atoms with Crippen LogP contribution in [0.25, 0.3) is 0 Å². The maximum Gasteiger partial charge on any atom is 0.264 e. The van der Waals surface area contributed by atoms with Crippen molar-refractivity contribution in [1.82, 2.24) is 15.1 Å². The van der Waals surface area contributed by atoms with Gasteiger partial charge in [-0.15, -0.1) is 0 Å². The highest BCUT2D eigenvalue weighted by molar-refractivity contribution is 5.81. The molecule has 26 heavy (non-hydrogen) atoms. The fraction of sp³-hybridized carbons (Fsp3) is 0.200. The Morgan fingerprint density at radius 3 is 2.65 bits per heavy atom. The van der Waals surface area contributed by atoms with Crippen LogP contribution in [0.15, 0.2) is 67.0 Å². The Labute approximate surface area is 151 Å². The van der Waals surface area contributed by atoms with E-state index in [0.29, 0.717) is 24.6 Å². The highest BCUT2D eigenvalue weighted by Gasteiger charge is 2.27. The third kappa shape index (κ3) is 3.54. The standard InChI is InChI=1S/C20H19N3O3/c24-20(19-14-25-17-8-3-4-9-18(17)26-19)21-12-15-6-1-2-7-16(15)13-23-11-5-10-22-23/h1-11,19H,12-14H2,(H,21,24)/t19-/m0/s1. The summed E-state index contributed by atoms with van der Waals surface area (Å²) in [5, 5.41) is 7.18. The molecule has 1 aromatic heterocycles. The lowest BCUT2D eigenvalue weighted by atomic mass is 10.1. The van der Waals surface area contributed by atoms with Crippen LogP contribution in [-0.4, -0.2) is 28.4 Å². The maximum atomic E-state index is 12.5. The fourth-order valence-electron chi connectivity index (χ4n) is 2.90. The summed E-state index contributed by atoms with van der Waals surface area (Å²) in [7, 11) is 0. The van der Waals surface area contributed by atoms with Gasteiger partial charge in [-0.05, 0) is 29.3 Å². The van der Waals surface area contributed by atoms with Crippen LogP contribution in [0.3, 0.4) is 0 Å². The molecule has 3 aromatic rings. The van der Waals surface area contributed by atoms with E-state index in [4.69, 9.17) is 9.47 Å². The monoisotopic (exact) mass is 349 g/mol. The molecule has 0 saturated heterocycles. The highest BCUT2D eigenvalue weighted by atomic mass is 16.6. The molecule has 0 aliphatic carbocycles. The molecule has 2 aromatic carbocycles. The number of nitrogens with zero attached hydrogens (tertiary/aromatic N) is 2. The molecule has 2 heterocycles. The van der Waals surface area contributed by atoms with E-state index in [2.05, 4.69) is 10.4 Å². The molecule has 6 heteroatoms. The smallest absolute Gasteiger partial charge is 0.264 e. The Morgan fingerprint density at radius 2 is 1.85 bits per heavy atom. The number of nitrogens with one attached hydrogen (secondary N) is 1. The van der Waals surface area contributed by atoms with Gasteiger partial charge in [0.15, 0.2) is 11.5 Å². The first-order chi connectivity index (χ1) is 12.8. The van der Waals surface area contributed by atoms with E-state index in [-0.39, 0.29) is 12.5 Å². The number of fused-ring (bicyclic) bond motifs is 1. The molecule has 0 unspecified atom stereocenters. The second-order valence-corrected chi connectivity index (χ2v) is 6.05. The number of ether oxygens (including phenoxy) is 2. The lowest BCUT2D eigenvalue weighted by Crippen LogP contribution is -2.43. The van der Waals surface area contributed by atoms with Gasteiger partial charge in [-0.25, -0.2) is 0 Å². The minimum atomic E-state index is -0.650.